The zero-order valence-corrected chi connectivity index (χ0v) is 21.6. The molecule has 2 amide bonds. The number of nitrogens with zero attached hydrogens (tertiary/aromatic N) is 2. The molecule has 4 rings (SSSR count). The Morgan fingerprint density at radius 1 is 1.09 bits per heavy atom. The summed E-state index contributed by atoms with van der Waals surface area (Å²) in [5, 5.41) is 9.44. The van der Waals surface area contributed by atoms with E-state index < -0.39 is 5.91 Å². The van der Waals surface area contributed by atoms with Gasteiger partial charge in [-0.15, -0.1) is 0 Å². The van der Waals surface area contributed by atoms with Crippen LogP contribution in [-0.2, 0) is 11.4 Å². The molecule has 9 heteroatoms. The van der Waals surface area contributed by atoms with Crippen molar-refractivity contribution in [2.75, 3.05) is 11.5 Å². The molecule has 0 N–H and O–H groups in total. The zero-order valence-electron chi connectivity index (χ0n) is 18.5. The van der Waals surface area contributed by atoms with Crippen molar-refractivity contribution < 1.29 is 19.1 Å². The highest BCUT2D eigenvalue weighted by atomic mass is 79.9. The predicted octanol–water partition coefficient (Wildman–Crippen LogP) is 7.19. The Labute approximate surface area is 220 Å². The molecular weight excluding hydrogens is 552 g/mol. The Bertz CT molecular complexity index is 1370. The lowest BCUT2D eigenvalue weighted by molar-refractivity contribution is -0.113. The first kappa shape index (κ1) is 24.9. The van der Waals surface area contributed by atoms with E-state index in [4.69, 9.17) is 21.1 Å². The fourth-order valence-electron chi connectivity index (χ4n) is 3.38. The van der Waals surface area contributed by atoms with Crippen LogP contribution in [0, 0.1) is 11.3 Å². The number of anilines is 1. The summed E-state index contributed by atoms with van der Waals surface area (Å²) in [5.41, 5.74) is 2.40. The van der Waals surface area contributed by atoms with E-state index in [0.29, 0.717) is 44.4 Å². The number of thioether (sulfide) groups is 1. The van der Waals surface area contributed by atoms with E-state index in [9.17, 15) is 14.9 Å². The Hall–Kier alpha value is -3.25. The molecule has 3 aromatic carbocycles. The fourth-order valence-corrected chi connectivity index (χ4v) is 4.77. The quantitative estimate of drug-likeness (QED) is 0.280. The van der Waals surface area contributed by atoms with Crippen molar-refractivity contribution in [3.05, 3.63) is 91.8 Å². The van der Waals surface area contributed by atoms with Gasteiger partial charge in [-0.3, -0.25) is 9.59 Å². The largest absolute Gasteiger partial charge is 0.490 e. The third kappa shape index (κ3) is 5.54. The monoisotopic (exact) mass is 568 g/mol. The number of ether oxygens (including phenoxy) is 2. The third-order valence-corrected chi connectivity index (χ3v) is 6.86. The van der Waals surface area contributed by atoms with Crippen LogP contribution in [0.2, 0.25) is 5.02 Å². The van der Waals surface area contributed by atoms with Crippen molar-refractivity contribution in [1.82, 2.24) is 0 Å². The van der Waals surface area contributed by atoms with E-state index in [2.05, 4.69) is 22.0 Å². The van der Waals surface area contributed by atoms with Crippen molar-refractivity contribution in [1.29, 1.82) is 5.26 Å². The van der Waals surface area contributed by atoms with Gasteiger partial charge in [-0.2, -0.15) is 5.26 Å². The molecule has 1 aliphatic heterocycles. The molecule has 0 atom stereocenters. The van der Waals surface area contributed by atoms with Gasteiger partial charge in [-0.25, -0.2) is 4.90 Å². The number of imide groups is 1. The van der Waals surface area contributed by atoms with Crippen molar-refractivity contribution >= 4 is 62.2 Å². The SMILES string of the molecule is CCOc1cc(/C=C2/SC(=O)N(c3ccc(Cl)cc3)C2=O)c(Br)cc1OCc1ccccc1C#N. The van der Waals surface area contributed by atoms with Gasteiger partial charge in [-0.05, 0) is 72.8 Å². The van der Waals surface area contributed by atoms with E-state index in [-0.39, 0.29) is 16.8 Å². The van der Waals surface area contributed by atoms with E-state index in [0.717, 1.165) is 22.2 Å². The molecule has 0 saturated carbocycles. The van der Waals surface area contributed by atoms with Crippen molar-refractivity contribution in [2.45, 2.75) is 13.5 Å². The molecule has 0 aromatic heterocycles. The first-order valence-electron chi connectivity index (χ1n) is 10.5. The molecule has 1 aliphatic rings. The topological polar surface area (TPSA) is 79.6 Å². The fraction of sp³-hybridized carbons (Fsp3) is 0.115. The van der Waals surface area contributed by atoms with Crippen LogP contribution in [0.1, 0.15) is 23.6 Å². The van der Waals surface area contributed by atoms with E-state index in [1.807, 2.05) is 19.1 Å². The number of carbonyl (C=O) groups is 2. The van der Waals surface area contributed by atoms with Gasteiger partial charge in [0.25, 0.3) is 11.1 Å². The van der Waals surface area contributed by atoms with Gasteiger partial charge in [0.2, 0.25) is 0 Å². The molecule has 1 heterocycles. The van der Waals surface area contributed by atoms with Crippen molar-refractivity contribution in [3.63, 3.8) is 0 Å². The number of rotatable bonds is 7. The molecule has 0 aliphatic carbocycles. The van der Waals surface area contributed by atoms with Gasteiger partial charge in [0.15, 0.2) is 11.5 Å². The van der Waals surface area contributed by atoms with E-state index >= 15 is 0 Å². The maximum atomic E-state index is 13.0. The van der Waals surface area contributed by atoms with Gasteiger partial charge < -0.3 is 9.47 Å². The average molecular weight is 570 g/mol. The lowest BCUT2D eigenvalue weighted by atomic mass is 10.1. The lowest BCUT2D eigenvalue weighted by Gasteiger charge is -2.15. The zero-order chi connectivity index (χ0) is 24.9. The summed E-state index contributed by atoms with van der Waals surface area (Å²) in [5.74, 6) is 0.548. The third-order valence-electron chi connectivity index (χ3n) is 5.05. The molecule has 3 aromatic rings. The molecule has 176 valence electrons. The summed E-state index contributed by atoms with van der Waals surface area (Å²) in [6.07, 6.45) is 1.64. The number of nitriles is 1. The second-order valence-electron chi connectivity index (χ2n) is 7.30. The summed E-state index contributed by atoms with van der Waals surface area (Å²) in [7, 11) is 0. The minimum absolute atomic E-state index is 0.190. The number of amides is 2. The van der Waals surface area contributed by atoms with Crippen molar-refractivity contribution in [3.8, 4) is 17.6 Å². The summed E-state index contributed by atoms with van der Waals surface area (Å²) in [6, 6.07) is 19.4. The van der Waals surface area contributed by atoms with Crippen LogP contribution in [0.5, 0.6) is 11.5 Å². The minimum Gasteiger partial charge on any atom is -0.490 e. The van der Waals surface area contributed by atoms with E-state index in [1.165, 1.54) is 0 Å². The predicted molar refractivity (Wildman–Crippen MR) is 141 cm³/mol. The van der Waals surface area contributed by atoms with Crippen molar-refractivity contribution in [2.24, 2.45) is 0 Å². The number of halogens is 2. The van der Waals surface area contributed by atoms with Gasteiger partial charge in [0, 0.05) is 15.1 Å². The maximum Gasteiger partial charge on any atom is 0.298 e. The smallest absolute Gasteiger partial charge is 0.298 e. The molecule has 1 saturated heterocycles. The van der Waals surface area contributed by atoms with Crippen LogP contribution >= 0.6 is 39.3 Å². The Kier molecular flexibility index (Phi) is 7.81. The molecular formula is C26H18BrClN2O4S. The van der Waals surface area contributed by atoms with Gasteiger partial charge in [0.05, 0.1) is 28.8 Å². The molecule has 0 unspecified atom stereocenters. The number of carbonyl (C=O) groups excluding carboxylic acids is 2. The van der Waals surface area contributed by atoms with Crippen LogP contribution in [-0.4, -0.2) is 17.8 Å². The molecule has 1 fully saturated rings. The van der Waals surface area contributed by atoms with Crippen LogP contribution in [0.25, 0.3) is 6.08 Å². The van der Waals surface area contributed by atoms with E-state index in [1.54, 1.807) is 54.6 Å². The van der Waals surface area contributed by atoms with Crippen LogP contribution in [0.4, 0.5) is 10.5 Å². The van der Waals surface area contributed by atoms with Gasteiger partial charge in [-0.1, -0.05) is 45.7 Å². The average Bonchev–Trinajstić information content (AvgIpc) is 3.13. The number of benzene rings is 3. The molecule has 0 spiro atoms. The summed E-state index contributed by atoms with van der Waals surface area (Å²) < 4.78 is 12.4. The maximum absolute atomic E-state index is 13.0. The highest BCUT2D eigenvalue weighted by Gasteiger charge is 2.36. The second-order valence-corrected chi connectivity index (χ2v) is 9.59. The highest BCUT2D eigenvalue weighted by Crippen LogP contribution is 2.40. The first-order valence-corrected chi connectivity index (χ1v) is 12.5. The summed E-state index contributed by atoms with van der Waals surface area (Å²) in [4.78, 5) is 27.0. The summed E-state index contributed by atoms with van der Waals surface area (Å²) in [6.45, 7) is 2.45. The van der Waals surface area contributed by atoms with Crippen LogP contribution in [0.3, 0.4) is 0 Å². The molecule has 35 heavy (non-hydrogen) atoms. The Morgan fingerprint density at radius 3 is 2.51 bits per heavy atom. The van der Waals surface area contributed by atoms with Crippen LogP contribution in [0.15, 0.2) is 70.0 Å². The lowest BCUT2D eigenvalue weighted by Crippen LogP contribution is -2.27. The molecule has 6 nitrogen and oxygen atoms in total. The summed E-state index contributed by atoms with van der Waals surface area (Å²) >= 11 is 10.3. The highest BCUT2D eigenvalue weighted by molar-refractivity contribution is 9.10. The molecule has 0 radical (unpaired) electrons. The van der Waals surface area contributed by atoms with Gasteiger partial charge in [0.1, 0.15) is 6.61 Å². The minimum atomic E-state index is -0.416. The number of hydrogen-bond acceptors (Lipinski definition) is 6. The molecule has 0 bridgehead atoms. The first-order chi connectivity index (χ1) is 16.9. The number of hydrogen-bond donors (Lipinski definition) is 0. The normalized spacial score (nSPS) is 14.3. The Morgan fingerprint density at radius 2 is 1.80 bits per heavy atom. The van der Waals surface area contributed by atoms with Gasteiger partial charge >= 0.3 is 0 Å². The standard InChI is InChI=1S/C26H18BrClN2O4S/c1-2-33-22-11-18(21(27)13-23(22)34-15-17-6-4-3-5-16(17)14-29)12-24-25(31)30(26(32)35-24)20-9-7-19(28)8-10-20/h3-13H,2,15H2,1H3/b24-12+. The second kappa shape index (κ2) is 11.0. The Balaban J connectivity index is 1.61. The van der Waals surface area contributed by atoms with Crippen LogP contribution < -0.4 is 14.4 Å².